The van der Waals surface area contributed by atoms with Gasteiger partial charge in [-0.1, -0.05) is 22.9 Å². The van der Waals surface area contributed by atoms with Crippen molar-refractivity contribution in [3.8, 4) is 5.75 Å². The molecule has 1 aromatic carbocycles. The lowest BCUT2D eigenvalue weighted by molar-refractivity contribution is 0.392. The Kier molecular flexibility index (Phi) is 4.76. The zero-order chi connectivity index (χ0) is 9.84. The van der Waals surface area contributed by atoms with Crippen LogP contribution in [0.5, 0.6) is 5.75 Å². The Bertz CT molecular complexity index is 276. The quantitative estimate of drug-likeness (QED) is 0.732. The lowest BCUT2D eigenvalue weighted by Gasteiger charge is -2.08. The van der Waals surface area contributed by atoms with Crippen molar-refractivity contribution < 1.29 is 4.74 Å². The van der Waals surface area contributed by atoms with E-state index < -0.39 is 0 Å². The van der Waals surface area contributed by atoms with Crippen LogP contribution >= 0.6 is 47.8 Å². The van der Waals surface area contributed by atoms with Crippen LogP contribution in [0.25, 0.3) is 0 Å². The number of ether oxygens (including phenoxy) is 1. The largest absolute Gasteiger partial charge is 0.484 e. The van der Waals surface area contributed by atoms with Crippen LogP contribution in [-0.2, 0) is 0 Å². The molecule has 0 unspecified atom stereocenters. The third-order valence-electron chi connectivity index (χ3n) is 1.33. The predicted octanol–water partition coefficient (Wildman–Crippen LogP) is 4.92. The highest BCUT2D eigenvalue weighted by Crippen LogP contribution is 2.36. The average molecular weight is 372 g/mol. The minimum Gasteiger partial charge on any atom is -0.484 e. The fourth-order valence-corrected chi connectivity index (χ4v) is 3.25. The molecule has 0 bridgehead atoms. The summed E-state index contributed by atoms with van der Waals surface area (Å²) in [5.41, 5.74) is 0. The van der Waals surface area contributed by atoms with Crippen molar-refractivity contribution in [1.29, 1.82) is 0 Å². The molecule has 1 rings (SSSR count). The van der Waals surface area contributed by atoms with Gasteiger partial charge in [-0.05, 0) is 50.4 Å². The smallest absolute Gasteiger partial charge is 0.148 e. The van der Waals surface area contributed by atoms with Crippen LogP contribution in [0.1, 0.15) is 13.3 Å². The second-order valence-electron chi connectivity index (χ2n) is 2.39. The molecule has 13 heavy (non-hydrogen) atoms. The van der Waals surface area contributed by atoms with E-state index in [2.05, 4.69) is 47.8 Å². The van der Waals surface area contributed by atoms with E-state index in [0.29, 0.717) is 0 Å². The maximum atomic E-state index is 5.43. The summed E-state index contributed by atoms with van der Waals surface area (Å²) in [5.74, 6) is 0.810. The fourth-order valence-electron chi connectivity index (χ4n) is 0.808. The van der Waals surface area contributed by atoms with Gasteiger partial charge < -0.3 is 4.74 Å². The SMILES string of the molecule is CC[CH]Oc1c(Br)cc(Br)cc1Br. The Morgan fingerprint density at radius 1 is 1.23 bits per heavy atom. The normalized spacial score (nSPS) is 10.2. The van der Waals surface area contributed by atoms with Crippen LogP contribution < -0.4 is 4.74 Å². The number of benzene rings is 1. The molecule has 0 aliphatic heterocycles. The molecule has 71 valence electrons. The highest BCUT2D eigenvalue weighted by Gasteiger charge is 2.07. The van der Waals surface area contributed by atoms with Crippen LogP contribution in [0.15, 0.2) is 25.6 Å². The second-order valence-corrected chi connectivity index (χ2v) is 5.02. The Balaban J connectivity index is 2.92. The average Bonchev–Trinajstić information content (AvgIpc) is 2.02. The summed E-state index contributed by atoms with van der Waals surface area (Å²) in [5, 5.41) is 0. The molecular formula is C9H8Br3O. The van der Waals surface area contributed by atoms with Crippen molar-refractivity contribution in [2.45, 2.75) is 13.3 Å². The van der Waals surface area contributed by atoms with Crippen molar-refractivity contribution in [3.63, 3.8) is 0 Å². The zero-order valence-electron chi connectivity index (χ0n) is 6.98. The molecule has 0 aliphatic carbocycles. The molecule has 0 aliphatic rings. The van der Waals surface area contributed by atoms with Crippen LogP contribution in [0.4, 0.5) is 0 Å². The first kappa shape index (κ1) is 11.5. The third-order valence-corrected chi connectivity index (χ3v) is 2.97. The minimum atomic E-state index is 0.810. The zero-order valence-corrected chi connectivity index (χ0v) is 11.7. The van der Waals surface area contributed by atoms with E-state index in [1.54, 1.807) is 6.61 Å². The molecule has 0 amide bonds. The lowest BCUT2D eigenvalue weighted by atomic mass is 10.3. The number of hydrogen-bond donors (Lipinski definition) is 0. The molecular weight excluding hydrogens is 364 g/mol. The fraction of sp³-hybridized carbons (Fsp3) is 0.222. The Morgan fingerprint density at radius 3 is 2.23 bits per heavy atom. The summed E-state index contributed by atoms with van der Waals surface area (Å²) < 4.78 is 8.30. The first-order valence-electron chi connectivity index (χ1n) is 3.78. The van der Waals surface area contributed by atoms with Gasteiger partial charge in [0, 0.05) is 4.47 Å². The highest BCUT2D eigenvalue weighted by molar-refractivity contribution is 9.11. The Morgan fingerprint density at radius 2 is 1.77 bits per heavy atom. The van der Waals surface area contributed by atoms with Gasteiger partial charge in [-0.15, -0.1) is 0 Å². The Labute approximate surface area is 103 Å². The molecule has 0 fully saturated rings. The minimum absolute atomic E-state index is 0.810. The van der Waals surface area contributed by atoms with Crippen LogP contribution in [0, 0.1) is 6.61 Å². The van der Waals surface area contributed by atoms with Gasteiger partial charge in [-0.3, -0.25) is 0 Å². The molecule has 0 N–H and O–H groups in total. The van der Waals surface area contributed by atoms with Crippen molar-refractivity contribution in [2.24, 2.45) is 0 Å². The van der Waals surface area contributed by atoms with Crippen LogP contribution in [0.2, 0.25) is 0 Å². The topological polar surface area (TPSA) is 9.23 Å². The van der Waals surface area contributed by atoms with Gasteiger partial charge in [-0.2, -0.15) is 0 Å². The van der Waals surface area contributed by atoms with Gasteiger partial charge in [0.15, 0.2) is 0 Å². The Hall–Kier alpha value is 0.460. The first-order chi connectivity index (χ1) is 6.15. The van der Waals surface area contributed by atoms with Gasteiger partial charge in [0.1, 0.15) is 12.4 Å². The van der Waals surface area contributed by atoms with Gasteiger partial charge >= 0.3 is 0 Å². The number of rotatable bonds is 3. The van der Waals surface area contributed by atoms with E-state index in [-0.39, 0.29) is 0 Å². The van der Waals surface area contributed by atoms with E-state index >= 15 is 0 Å². The van der Waals surface area contributed by atoms with E-state index in [0.717, 1.165) is 25.6 Å². The van der Waals surface area contributed by atoms with Gasteiger partial charge in [0.05, 0.1) is 8.95 Å². The summed E-state index contributed by atoms with van der Waals surface area (Å²) in [4.78, 5) is 0. The van der Waals surface area contributed by atoms with Crippen LogP contribution in [-0.4, -0.2) is 0 Å². The van der Waals surface area contributed by atoms with Crippen molar-refractivity contribution >= 4 is 47.8 Å². The van der Waals surface area contributed by atoms with E-state index in [1.807, 2.05) is 19.1 Å². The lowest BCUT2D eigenvalue weighted by Crippen LogP contribution is -1.90. The molecule has 0 atom stereocenters. The van der Waals surface area contributed by atoms with E-state index in [1.165, 1.54) is 0 Å². The first-order valence-corrected chi connectivity index (χ1v) is 6.16. The number of halogens is 3. The van der Waals surface area contributed by atoms with Crippen molar-refractivity contribution in [3.05, 3.63) is 32.2 Å². The molecule has 0 saturated carbocycles. The molecule has 0 spiro atoms. The molecule has 0 heterocycles. The van der Waals surface area contributed by atoms with Crippen LogP contribution in [0.3, 0.4) is 0 Å². The molecule has 0 aromatic heterocycles. The monoisotopic (exact) mass is 369 g/mol. The molecule has 4 heteroatoms. The summed E-state index contributed by atoms with van der Waals surface area (Å²) in [6, 6.07) is 3.90. The third kappa shape index (κ3) is 3.26. The van der Waals surface area contributed by atoms with E-state index in [9.17, 15) is 0 Å². The van der Waals surface area contributed by atoms with Crippen molar-refractivity contribution in [2.75, 3.05) is 0 Å². The van der Waals surface area contributed by atoms with Crippen molar-refractivity contribution in [1.82, 2.24) is 0 Å². The maximum absolute atomic E-state index is 5.43. The predicted molar refractivity (Wildman–Crippen MR) is 64.8 cm³/mol. The summed E-state index contributed by atoms with van der Waals surface area (Å²) in [6.07, 6.45) is 0.884. The molecule has 1 nitrogen and oxygen atoms in total. The second kappa shape index (κ2) is 5.37. The highest BCUT2D eigenvalue weighted by atomic mass is 79.9. The maximum Gasteiger partial charge on any atom is 0.148 e. The number of hydrogen-bond acceptors (Lipinski definition) is 1. The summed E-state index contributed by atoms with van der Waals surface area (Å²) >= 11 is 10.2. The summed E-state index contributed by atoms with van der Waals surface area (Å²) in [7, 11) is 0. The molecule has 1 radical (unpaired) electrons. The molecule has 0 saturated heterocycles. The standard InChI is InChI=1S/C9H8Br3O/c1-2-3-13-9-7(11)4-6(10)5-8(9)12/h3-5H,2H2,1H3. The molecule has 1 aromatic rings. The van der Waals surface area contributed by atoms with Gasteiger partial charge in [0.2, 0.25) is 0 Å². The van der Waals surface area contributed by atoms with Gasteiger partial charge in [0.25, 0.3) is 0 Å². The summed E-state index contributed by atoms with van der Waals surface area (Å²) in [6.45, 7) is 3.79. The van der Waals surface area contributed by atoms with Gasteiger partial charge in [-0.25, -0.2) is 0 Å². The van der Waals surface area contributed by atoms with E-state index in [4.69, 9.17) is 4.74 Å².